The number of hydrogen-bond acceptors (Lipinski definition) is 5. The lowest BCUT2D eigenvalue weighted by molar-refractivity contribution is 0.342. The van der Waals surface area contributed by atoms with Gasteiger partial charge in [-0.15, -0.1) is 0 Å². The molecule has 0 saturated carbocycles. The number of nitrogens with two attached hydrogens (primary N) is 1. The third kappa shape index (κ3) is 3.00. The molecule has 1 aromatic heterocycles. The van der Waals surface area contributed by atoms with Crippen LogP contribution in [-0.4, -0.2) is 20.0 Å². The first-order chi connectivity index (χ1) is 9.54. The zero-order valence-electron chi connectivity index (χ0n) is 10.9. The first-order valence-corrected chi connectivity index (χ1v) is 7.47. The first kappa shape index (κ1) is 14.1. The third-order valence-electron chi connectivity index (χ3n) is 2.54. The van der Waals surface area contributed by atoms with Crippen molar-refractivity contribution in [1.29, 1.82) is 0 Å². The van der Waals surface area contributed by atoms with Crippen molar-refractivity contribution in [2.75, 3.05) is 17.1 Å². The summed E-state index contributed by atoms with van der Waals surface area (Å²) in [6.07, 6.45) is 2.64. The average Bonchev–Trinajstić information content (AvgIpc) is 2.41. The summed E-state index contributed by atoms with van der Waals surface area (Å²) < 4.78 is 32.4. The van der Waals surface area contributed by atoms with Crippen LogP contribution in [0.1, 0.15) is 6.92 Å². The van der Waals surface area contributed by atoms with Crippen LogP contribution in [0.3, 0.4) is 0 Å². The third-order valence-corrected chi connectivity index (χ3v) is 3.95. The molecule has 3 N–H and O–H groups in total. The second kappa shape index (κ2) is 5.79. The predicted molar refractivity (Wildman–Crippen MR) is 77.1 cm³/mol. The SMILES string of the molecule is CCOc1ccccc1NS(=O)(=O)c1cnccc1N. The molecule has 1 aromatic carbocycles. The van der Waals surface area contributed by atoms with Crippen molar-refractivity contribution in [3.05, 3.63) is 42.7 Å². The number of rotatable bonds is 5. The van der Waals surface area contributed by atoms with E-state index in [0.29, 0.717) is 18.0 Å². The Morgan fingerprint density at radius 3 is 2.75 bits per heavy atom. The minimum absolute atomic E-state index is 0.0636. The van der Waals surface area contributed by atoms with Crippen molar-refractivity contribution in [3.8, 4) is 5.75 Å². The van der Waals surface area contributed by atoms with Crippen molar-refractivity contribution in [2.24, 2.45) is 0 Å². The zero-order chi connectivity index (χ0) is 14.6. The van der Waals surface area contributed by atoms with E-state index in [2.05, 4.69) is 9.71 Å². The molecule has 0 aliphatic rings. The number of sulfonamides is 1. The fourth-order valence-corrected chi connectivity index (χ4v) is 2.79. The van der Waals surface area contributed by atoms with Gasteiger partial charge in [-0.3, -0.25) is 9.71 Å². The molecule has 2 rings (SSSR count). The lowest BCUT2D eigenvalue weighted by Crippen LogP contribution is -2.15. The predicted octanol–water partition coefficient (Wildman–Crippen LogP) is 1.86. The molecular weight excluding hydrogens is 278 g/mol. The highest BCUT2D eigenvalue weighted by atomic mass is 32.2. The molecule has 7 heteroatoms. The van der Waals surface area contributed by atoms with Gasteiger partial charge in [-0.25, -0.2) is 8.42 Å². The summed E-state index contributed by atoms with van der Waals surface area (Å²) in [6.45, 7) is 2.26. The van der Waals surface area contributed by atoms with Gasteiger partial charge in [-0.05, 0) is 25.1 Å². The number of nitrogen functional groups attached to an aromatic ring is 1. The quantitative estimate of drug-likeness (QED) is 0.877. The van der Waals surface area contributed by atoms with Gasteiger partial charge in [-0.1, -0.05) is 12.1 Å². The molecule has 0 aliphatic heterocycles. The number of pyridine rings is 1. The van der Waals surface area contributed by atoms with E-state index in [1.807, 2.05) is 6.92 Å². The van der Waals surface area contributed by atoms with E-state index >= 15 is 0 Å². The molecule has 0 saturated heterocycles. The summed E-state index contributed by atoms with van der Waals surface area (Å²) in [7, 11) is -3.80. The minimum atomic E-state index is -3.80. The Morgan fingerprint density at radius 2 is 2.05 bits per heavy atom. The topological polar surface area (TPSA) is 94.3 Å². The average molecular weight is 293 g/mol. The van der Waals surface area contributed by atoms with Crippen LogP contribution >= 0.6 is 0 Å². The Balaban J connectivity index is 2.37. The maximum atomic E-state index is 12.3. The number of ether oxygens (including phenoxy) is 1. The number of anilines is 2. The molecule has 106 valence electrons. The maximum absolute atomic E-state index is 12.3. The standard InChI is InChI=1S/C13H15N3O3S/c1-2-19-12-6-4-3-5-11(12)16-20(17,18)13-9-15-8-7-10(13)14/h3-9,16H,2H2,1H3,(H2,14,15). The zero-order valence-corrected chi connectivity index (χ0v) is 11.7. The Labute approximate surface area is 117 Å². The first-order valence-electron chi connectivity index (χ1n) is 5.98. The lowest BCUT2D eigenvalue weighted by atomic mass is 10.3. The van der Waals surface area contributed by atoms with Gasteiger partial charge in [0.05, 0.1) is 18.0 Å². The molecule has 0 radical (unpaired) electrons. The molecule has 1 heterocycles. The molecular formula is C13H15N3O3S. The van der Waals surface area contributed by atoms with Crippen LogP contribution in [0.2, 0.25) is 0 Å². The van der Waals surface area contributed by atoms with Crippen LogP contribution < -0.4 is 15.2 Å². The molecule has 0 unspecified atom stereocenters. The molecule has 20 heavy (non-hydrogen) atoms. The van der Waals surface area contributed by atoms with Gasteiger partial charge in [0.1, 0.15) is 10.6 Å². The molecule has 0 bridgehead atoms. The number of benzene rings is 1. The summed E-state index contributed by atoms with van der Waals surface area (Å²) in [5, 5.41) is 0. The number of aromatic nitrogens is 1. The molecule has 6 nitrogen and oxygen atoms in total. The number of hydrogen-bond donors (Lipinski definition) is 2. The van der Waals surface area contributed by atoms with E-state index in [4.69, 9.17) is 10.5 Å². The second-order valence-corrected chi connectivity index (χ2v) is 5.60. The highest BCUT2D eigenvalue weighted by Gasteiger charge is 2.19. The van der Waals surface area contributed by atoms with E-state index in [0.717, 1.165) is 0 Å². The van der Waals surface area contributed by atoms with Crippen LogP contribution in [0.15, 0.2) is 47.6 Å². The Bertz CT molecular complexity index is 702. The molecule has 2 aromatic rings. The van der Waals surface area contributed by atoms with Gasteiger partial charge in [0, 0.05) is 12.4 Å². The van der Waals surface area contributed by atoms with Crippen LogP contribution in [0.25, 0.3) is 0 Å². The van der Waals surface area contributed by atoms with Crippen molar-refractivity contribution >= 4 is 21.4 Å². The van der Waals surface area contributed by atoms with Gasteiger partial charge in [0.2, 0.25) is 0 Å². The highest BCUT2D eigenvalue weighted by molar-refractivity contribution is 7.92. The minimum Gasteiger partial charge on any atom is -0.492 e. The highest BCUT2D eigenvalue weighted by Crippen LogP contribution is 2.27. The Morgan fingerprint density at radius 1 is 1.30 bits per heavy atom. The maximum Gasteiger partial charge on any atom is 0.265 e. The van der Waals surface area contributed by atoms with Crippen LogP contribution in [0, 0.1) is 0 Å². The van der Waals surface area contributed by atoms with Crippen LogP contribution in [0.5, 0.6) is 5.75 Å². The van der Waals surface area contributed by atoms with Gasteiger partial charge in [0.25, 0.3) is 10.0 Å². The second-order valence-electron chi connectivity index (χ2n) is 3.95. The van der Waals surface area contributed by atoms with E-state index in [1.165, 1.54) is 18.5 Å². The summed E-state index contributed by atoms with van der Waals surface area (Å²) in [4.78, 5) is 3.72. The fourth-order valence-electron chi connectivity index (χ4n) is 1.65. The smallest absolute Gasteiger partial charge is 0.265 e. The molecule has 0 fully saturated rings. The van der Waals surface area contributed by atoms with Crippen LogP contribution in [0.4, 0.5) is 11.4 Å². The monoisotopic (exact) mass is 293 g/mol. The van der Waals surface area contributed by atoms with Crippen LogP contribution in [-0.2, 0) is 10.0 Å². The van der Waals surface area contributed by atoms with Gasteiger partial charge in [-0.2, -0.15) is 0 Å². The van der Waals surface area contributed by atoms with Crippen molar-refractivity contribution in [1.82, 2.24) is 4.98 Å². The fraction of sp³-hybridized carbons (Fsp3) is 0.154. The van der Waals surface area contributed by atoms with E-state index < -0.39 is 10.0 Å². The largest absolute Gasteiger partial charge is 0.492 e. The molecule has 0 amide bonds. The summed E-state index contributed by atoms with van der Waals surface area (Å²) in [6, 6.07) is 8.22. The van der Waals surface area contributed by atoms with Crippen molar-refractivity contribution in [3.63, 3.8) is 0 Å². The van der Waals surface area contributed by atoms with Crippen molar-refractivity contribution < 1.29 is 13.2 Å². The molecule has 0 spiro atoms. The number of nitrogens with one attached hydrogen (secondary N) is 1. The van der Waals surface area contributed by atoms with E-state index in [1.54, 1.807) is 24.3 Å². The van der Waals surface area contributed by atoms with Gasteiger partial charge >= 0.3 is 0 Å². The van der Waals surface area contributed by atoms with E-state index in [9.17, 15) is 8.42 Å². The summed E-state index contributed by atoms with van der Waals surface area (Å²) in [5.41, 5.74) is 6.17. The number of nitrogens with zero attached hydrogens (tertiary/aromatic N) is 1. The Kier molecular flexibility index (Phi) is 4.09. The summed E-state index contributed by atoms with van der Waals surface area (Å²) >= 11 is 0. The van der Waals surface area contributed by atoms with Gasteiger partial charge < -0.3 is 10.5 Å². The Hall–Kier alpha value is -2.28. The van der Waals surface area contributed by atoms with E-state index in [-0.39, 0.29) is 10.6 Å². The van der Waals surface area contributed by atoms with Crippen molar-refractivity contribution in [2.45, 2.75) is 11.8 Å². The summed E-state index contributed by atoms with van der Waals surface area (Å²) in [5.74, 6) is 0.459. The normalized spacial score (nSPS) is 11.1. The van der Waals surface area contributed by atoms with Gasteiger partial charge in [0.15, 0.2) is 0 Å². The number of para-hydroxylation sites is 2. The molecule has 0 atom stereocenters. The lowest BCUT2D eigenvalue weighted by Gasteiger charge is -2.13. The molecule has 0 aliphatic carbocycles.